The highest BCUT2D eigenvalue weighted by molar-refractivity contribution is 8.01. The molecule has 2 fully saturated rings. The van der Waals surface area contributed by atoms with E-state index in [1.165, 1.54) is 16.6 Å². The number of H-pyrrole nitrogens is 1. The Hall–Kier alpha value is -5.30. The number of nitrogens with zero attached hydrogens (tertiary/aromatic N) is 5. The Morgan fingerprint density at radius 3 is 2.43 bits per heavy atom. The molecule has 19 heteroatoms. The monoisotopic (exact) mass is 726 g/mol. The molecule has 0 bridgehead atoms. The van der Waals surface area contributed by atoms with Crippen LogP contribution in [0.15, 0.2) is 29.1 Å². The molecule has 1 unspecified atom stereocenters. The van der Waals surface area contributed by atoms with Gasteiger partial charge in [-0.3, -0.25) is 33.4 Å². The van der Waals surface area contributed by atoms with Crippen molar-refractivity contribution in [2.24, 2.45) is 0 Å². The quantitative estimate of drug-likeness (QED) is 0.119. The minimum Gasteiger partial charge on any atom is -0.461 e. The number of nitrogen functional groups attached to an aromatic ring is 1. The highest BCUT2D eigenvalue weighted by atomic mass is 32.2. The van der Waals surface area contributed by atoms with E-state index in [0.29, 0.717) is 42.1 Å². The van der Waals surface area contributed by atoms with Gasteiger partial charge in [0.1, 0.15) is 12.1 Å². The van der Waals surface area contributed by atoms with E-state index >= 15 is 0 Å². The fraction of sp³-hybridized carbons (Fsp3) is 0.469. The number of hydroxylamine groups is 2. The van der Waals surface area contributed by atoms with Crippen LogP contribution in [0.4, 0.5) is 5.82 Å². The Morgan fingerprint density at radius 1 is 0.980 bits per heavy atom. The van der Waals surface area contributed by atoms with Crippen molar-refractivity contribution in [2.75, 3.05) is 38.4 Å². The van der Waals surface area contributed by atoms with Crippen LogP contribution in [0.3, 0.4) is 0 Å². The third-order valence-corrected chi connectivity index (χ3v) is 9.28. The lowest BCUT2D eigenvalue weighted by molar-refractivity contribution is -0.197. The Morgan fingerprint density at radius 2 is 1.71 bits per heavy atom. The van der Waals surface area contributed by atoms with Gasteiger partial charge in [-0.2, -0.15) is 9.97 Å². The predicted octanol–water partition coefficient (Wildman–Crippen LogP) is 0.420. The van der Waals surface area contributed by atoms with Crippen molar-refractivity contribution in [1.29, 1.82) is 0 Å². The lowest BCUT2D eigenvalue weighted by Crippen LogP contribution is -2.33. The standard InChI is InChI=1S/C32H38N8O10S/c1-48-13-14-49-31-36-28(33)27-29(37-31)39(32(47)35-27)17-20-8-6-19(7-9-20)16-34-22(41)18-51-21-15-25(44)38(30(21)46)12-4-2-3-5-26(45)50-40-23(42)10-11-24(40)43/h6-9,21H,2-5,10-18H2,1H3,(H,34,41)(H,35,47)(H2,33,36,37). The number of ether oxygens (including phenoxy) is 2. The molecule has 5 amide bonds. The van der Waals surface area contributed by atoms with E-state index in [2.05, 4.69) is 20.3 Å². The molecule has 3 aromatic rings. The van der Waals surface area contributed by atoms with Gasteiger partial charge in [-0.1, -0.05) is 30.7 Å². The molecule has 4 heterocycles. The molecule has 2 saturated heterocycles. The maximum atomic E-state index is 12.8. The molecule has 0 aliphatic carbocycles. The van der Waals surface area contributed by atoms with Gasteiger partial charge < -0.3 is 30.3 Å². The van der Waals surface area contributed by atoms with Crippen molar-refractivity contribution in [1.82, 2.24) is 34.8 Å². The first-order chi connectivity index (χ1) is 24.5. The van der Waals surface area contributed by atoms with Crippen molar-refractivity contribution >= 4 is 64.2 Å². The van der Waals surface area contributed by atoms with Crippen LogP contribution in [-0.4, -0.2) is 103 Å². The van der Waals surface area contributed by atoms with Gasteiger partial charge in [-0.05, 0) is 24.0 Å². The van der Waals surface area contributed by atoms with Crippen molar-refractivity contribution < 1.29 is 43.1 Å². The highest BCUT2D eigenvalue weighted by Gasteiger charge is 2.38. The van der Waals surface area contributed by atoms with Gasteiger partial charge in [-0.15, -0.1) is 16.8 Å². The van der Waals surface area contributed by atoms with Gasteiger partial charge in [0.15, 0.2) is 11.5 Å². The molecule has 2 aromatic heterocycles. The molecule has 1 aromatic carbocycles. The number of likely N-dealkylation sites (tertiary alicyclic amines) is 1. The second kappa shape index (κ2) is 17.1. The highest BCUT2D eigenvalue weighted by Crippen LogP contribution is 2.26. The summed E-state index contributed by atoms with van der Waals surface area (Å²) in [7, 11) is 1.54. The van der Waals surface area contributed by atoms with Crippen molar-refractivity contribution in [3.63, 3.8) is 0 Å². The number of carbonyl (C=O) groups is 6. The first-order valence-electron chi connectivity index (χ1n) is 16.3. The van der Waals surface area contributed by atoms with Crippen LogP contribution in [-0.2, 0) is 51.4 Å². The molecule has 4 N–H and O–H groups in total. The Kier molecular flexibility index (Phi) is 12.4. The third kappa shape index (κ3) is 9.48. The van der Waals surface area contributed by atoms with Gasteiger partial charge in [-0.25, -0.2) is 9.59 Å². The molecule has 18 nitrogen and oxygen atoms in total. The number of hydrogen-bond acceptors (Lipinski definition) is 14. The molecule has 1 atom stereocenters. The van der Waals surface area contributed by atoms with Crippen molar-refractivity contribution in [3.8, 4) is 6.01 Å². The van der Waals surface area contributed by atoms with Crippen molar-refractivity contribution in [2.45, 2.75) is 63.3 Å². The fourth-order valence-corrected chi connectivity index (χ4v) is 6.36. The van der Waals surface area contributed by atoms with Crippen LogP contribution in [0.25, 0.3) is 11.2 Å². The number of aromatic nitrogens is 4. The molecule has 0 saturated carbocycles. The van der Waals surface area contributed by atoms with E-state index in [9.17, 15) is 33.6 Å². The summed E-state index contributed by atoms with van der Waals surface area (Å²) in [5.74, 6) is -2.67. The molecular weight excluding hydrogens is 688 g/mol. The maximum absolute atomic E-state index is 12.8. The number of carbonyl (C=O) groups excluding carboxylic acids is 6. The summed E-state index contributed by atoms with van der Waals surface area (Å²) in [6.45, 7) is 1.17. The number of thioether (sulfide) groups is 1. The van der Waals surface area contributed by atoms with Crippen LogP contribution < -0.4 is 21.5 Å². The summed E-state index contributed by atoms with van der Waals surface area (Å²) in [6, 6.07) is 7.31. The number of imidazole rings is 1. The molecule has 51 heavy (non-hydrogen) atoms. The zero-order valence-corrected chi connectivity index (χ0v) is 28.7. The van der Waals surface area contributed by atoms with E-state index in [1.54, 1.807) is 0 Å². The number of methoxy groups -OCH3 is 1. The summed E-state index contributed by atoms with van der Waals surface area (Å²) >= 11 is 1.11. The second-order valence-corrected chi connectivity index (χ2v) is 13.0. The van der Waals surface area contributed by atoms with Crippen LogP contribution >= 0.6 is 11.8 Å². The van der Waals surface area contributed by atoms with E-state index in [1.807, 2.05) is 24.3 Å². The van der Waals surface area contributed by atoms with Gasteiger partial charge in [0.05, 0.1) is 24.2 Å². The van der Waals surface area contributed by atoms with E-state index in [4.69, 9.17) is 20.0 Å². The normalized spacial score (nSPS) is 16.1. The van der Waals surface area contributed by atoms with Crippen molar-refractivity contribution in [3.05, 3.63) is 45.9 Å². The smallest absolute Gasteiger partial charge is 0.333 e. The molecule has 272 valence electrons. The maximum Gasteiger partial charge on any atom is 0.333 e. The van der Waals surface area contributed by atoms with Gasteiger partial charge >= 0.3 is 17.7 Å². The van der Waals surface area contributed by atoms with Gasteiger partial charge in [0, 0.05) is 45.9 Å². The van der Waals surface area contributed by atoms with Gasteiger partial charge in [0.25, 0.3) is 11.8 Å². The summed E-state index contributed by atoms with van der Waals surface area (Å²) < 4.78 is 11.9. The molecule has 2 aliphatic rings. The number of imide groups is 2. The summed E-state index contributed by atoms with van der Waals surface area (Å²) in [4.78, 5) is 103. The number of nitrogens with one attached hydrogen (secondary N) is 2. The SMILES string of the molecule is COCCOc1nc(N)c2[nH]c(=O)n(Cc3ccc(CNC(=O)CSC4CC(=O)N(CCCCCC(=O)ON5C(=O)CCC5=O)C4=O)cc3)c2n1. The number of unbranched alkanes of at least 4 members (excludes halogenated alkanes) is 2. The zero-order chi connectivity index (χ0) is 36.5. The lowest BCUT2D eigenvalue weighted by Gasteiger charge is -2.15. The average molecular weight is 727 g/mol. The first-order valence-corrected chi connectivity index (χ1v) is 17.3. The minimum atomic E-state index is -0.694. The lowest BCUT2D eigenvalue weighted by atomic mass is 10.1. The average Bonchev–Trinajstić information content (AvgIpc) is 3.70. The van der Waals surface area contributed by atoms with Crippen LogP contribution in [0.5, 0.6) is 6.01 Å². The van der Waals surface area contributed by atoms with Crippen LogP contribution in [0.2, 0.25) is 0 Å². The molecule has 2 aliphatic heterocycles. The predicted molar refractivity (Wildman–Crippen MR) is 181 cm³/mol. The summed E-state index contributed by atoms with van der Waals surface area (Å²) in [5.41, 5.74) is 7.81. The topological polar surface area (TPSA) is 238 Å². The number of aromatic amines is 1. The Labute approximate surface area is 295 Å². The number of nitrogens with two attached hydrogens (primary N) is 1. The number of anilines is 1. The summed E-state index contributed by atoms with van der Waals surface area (Å²) in [6.07, 6.45) is 1.42. The fourth-order valence-electron chi connectivity index (χ4n) is 5.37. The van der Waals surface area contributed by atoms with E-state index in [0.717, 1.165) is 22.9 Å². The van der Waals surface area contributed by atoms with E-state index < -0.39 is 28.7 Å². The first kappa shape index (κ1) is 37.0. The Bertz CT molecular complexity index is 1840. The number of fused-ring (bicyclic) bond motifs is 1. The summed E-state index contributed by atoms with van der Waals surface area (Å²) in [5, 5.41) is 2.66. The third-order valence-electron chi connectivity index (χ3n) is 8.08. The number of rotatable bonds is 18. The zero-order valence-electron chi connectivity index (χ0n) is 27.9. The largest absolute Gasteiger partial charge is 0.461 e. The van der Waals surface area contributed by atoms with E-state index in [-0.39, 0.29) is 87.2 Å². The number of benzene rings is 1. The van der Waals surface area contributed by atoms with Gasteiger partial charge in [0.2, 0.25) is 17.7 Å². The molecule has 0 radical (unpaired) electrons. The number of hydrogen-bond donors (Lipinski definition) is 3. The van der Waals surface area contributed by atoms with Crippen LogP contribution in [0, 0.1) is 0 Å². The Balaban J connectivity index is 1.01. The number of amides is 5. The second-order valence-electron chi connectivity index (χ2n) is 11.8. The minimum absolute atomic E-state index is 0.00273. The molecular formula is C32H38N8O10S. The van der Waals surface area contributed by atoms with Crippen LogP contribution in [0.1, 0.15) is 56.1 Å². The molecule has 5 rings (SSSR count). The molecule has 0 spiro atoms.